The number of carbonyl (C=O) groups is 1. The fourth-order valence-electron chi connectivity index (χ4n) is 4.54. The molecular weight excluding hydrogens is 501 g/mol. The molecule has 7 nitrogen and oxygen atoms in total. The van der Waals surface area contributed by atoms with E-state index in [0.717, 1.165) is 49.3 Å². The van der Waals surface area contributed by atoms with Gasteiger partial charge >= 0.3 is 5.97 Å². The first-order valence-electron chi connectivity index (χ1n) is 11.0. The van der Waals surface area contributed by atoms with E-state index in [1.807, 2.05) is 36.7 Å². The maximum atomic E-state index is 11.2. The second-order valence-corrected chi connectivity index (χ2v) is 8.34. The summed E-state index contributed by atoms with van der Waals surface area (Å²) in [7, 11) is 0. The summed E-state index contributed by atoms with van der Waals surface area (Å²) in [4.78, 5) is 17.8. The molecule has 190 valence electrons. The van der Waals surface area contributed by atoms with Crippen LogP contribution in [0.2, 0.25) is 0 Å². The van der Waals surface area contributed by atoms with Crippen molar-refractivity contribution < 1.29 is 19.4 Å². The Morgan fingerprint density at radius 1 is 1.09 bits per heavy atom. The summed E-state index contributed by atoms with van der Waals surface area (Å²) in [5, 5.41) is 12.8. The highest BCUT2D eigenvalue weighted by Gasteiger charge is 2.55. The van der Waals surface area contributed by atoms with Gasteiger partial charge in [-0.2, -0.15) is 0 Å². The van der Waals surface area contributed by atoms with Crippen molar-refractivity contribution in [2.24, 2.45) is 11.8 Å². The Balaban J connectivity index is 0.00000193. The van der Waals surface area contributed by atoms with Gasteiger partial charge in [0.15, 0.2) is 6.10 Å². The Labute approximate surface area is 219 Å². The van der Waals surface area contributed by atoms with Crippen molar-refractivity contribution in [3.05, 3.63) is 59.9 Å². The molecular formula is C24H34Cl3N3O4. The number of hydrogen-bond donors (Lipinski definition) is 2. The first kappa shape index (κ1) is 30.4. The van der Waals surface area contributed by atoms with Crippen molar-refractivity contribution >= 4 is 43.2 Å². The third kappa shape index (κ3) is 8.26. The molecule has 2 heterocycles. The van der Waals surface area contributed by atoms with E-state index in [-0.39, 0.29) is 37.2 Å². The van der Waals surface area contributed by atoms with Crippen LogP contribution in [0.15, 0.2) is 48.8 Å². The monoisotopic (exact) mass is 533 g/mol. The minimum Gasteiger partial charge on any atom is -0.492 e. The van der Waals surface area contributed by atoms with Gasteiger partial charge in [0.05, 0.1) is 0 Å². The molecule has 0 radical (unpaired) electrons. The van der Waals surface area contributed by atoms with Crippen molar-refractivity contribution in [2.45, 2.75) is 32.0 Å². The molecule has 34 heavy (non-hydrogen) atoms. The average Bonchev–Trinajstić information content (AvgIpc) is 3.22. The highest BCUT2D eigenvalue weighted by atomic mass is 35.5. The lowest BCUT2D eigenvalue weighted by atomic mass is 10.1. The van der Waals surface area contributed by atoms with Gasteiger partial charge in [-0.15, -0.1) is 37.2 Å². The van der Waals surface area contributed by atoms with E-state index < -0.39 is 12.1 Å². The van der Waals surface area contributed by atoms with Gasteiger partial charge in [-0.3, -0.25) is 9.88 Å². The number of aliphatic carboxylic acids is 1. The van der Waals surface area contributed by atoms with Crippen LogP contribution in [0.25, 0.3) is 0 Å². The largest absolute Gasteiger partial charge is 0.492 e. The molecule has 1 saturated heterocycles. The van der Waals surface area contributed by atoms with Gasteiger partial charge in [-0.1, -0.05) is 12.1 Å². The Morgan fingerprint density at radius 3 is 2.32 bits per heavy atom. The minimum absolute atomic E-state index is 0. The standard InChI is InChI=1S/C24H31N3O4.3ClH/c1-2-30-22(24(28)29)13-17-3-5-19(6-4-17)31-12-11-26-23-20-15-27(16-21(20)23)14-18-7-9-25-10-8-18;;;/h3-10,20-23,26H,2,11-16H2,1H3,(H,28,29);3*1H/t20-,21+,22-,23+;;;/m0.../s1. The van der Waals surface area contributed by atoms with E-state index in [4.69, 9.17) is 9.47 Å². The van der Waals surface area contributed by atoms with Gasteiger partial charge in [0.1, 0.15) is 12.4 Å². The quantitative estimate of drug-likeness (QED) is 0.403. The van der Waals surface area contributed by atoms with Crippen LogP contribution in [0.5, 0.6) is 5.75 Å². The highest BCUT2D eigenvalue weighted by Crippen LogP contribution is 2.45. The van der Waals surface area contributed by atoms with Crippen LogP contribution >= 0.6 is 37.2 Å². The van der Waals surface area contributed by atoms with Crippen LogP contribution in [0, 0.1) is 11.8 Å². The van der Waals surface area contributed by atoms with E-state index in [1.54, 1.807) is 6.92 Å². The van der Waals surface area contributed by atoms with E-state index >= 15 is 0 Å². The zero-order valence-corrected chi connectivity index (χ0v) is 21.6. The van der Waals surface area contributed by atoms with Crippen molar-refractivity contribution in [2.75, 3.05) is 32.8 Å². The molecule has 1 aromatic carbocycles. The van der Waals surface area contributed by atoms with Crippen molar-refractivity contribution in [3.8, 4) is 5.75 Å². The first-order valence-corrected chi connectivity index (χ1v) is 11.0. The van der Waals surface area contributed by atoms with E-state index in [2.05, 4.69) is 27.3 Å². The van der Waals surface area contributed by atoms with Gasteiger partial charge in [-0.25, -0.2) is 4.79 Å². The third-order valence-corrected chi connectivity index (χ3v) is 6.16. The molecule has 10 heteroatoms. The molecule has 2 fully saturated rings. The topological polar surface area (TPSA) is 83.9 Å². The van der Waals surface area contributed by atoms with E-state index in [1.165, 1.54) is 5.56 Å². The molecule has 4 rings (SSSR count). The molecule has 1 saturated carbocycles. The number of likely N-dealkylation sites (tertiary alicyclic amines) is 1. The number of aromatic nitrogens is 1. The van der Waals surface area contributed by atoms with E-state index in [9.17, 15) is 9.90 Å². The van der Waals surface area contributed by atoms with Gasteiger partial charge in [-0.05, 0) is 54.2 Å². The lowest BCUT2D eigenvalue weighted by Gasteiger charge is -2.19. The molecule has 1 aromatic heterocycles. The van der Waals surface area contributed by atoms with Crippen molar-refractivity contribution in [3.63, 3.8) is 0 Å². The second kappa shape index (κ2) is 14.7. The number of nitrogens with zero attached hydrogens (tertiary/aromatic N) is 2. The summed E-state index contributed by atoms with van der Waals surface area (Å²) >= 11 is 0. The number of nitrogens with one attached hydrogen (secondary N) is 1. The molecule has 0 unspecified atom stereocenters. The fraction of sp³-hybridized carbons (Fsp3) is 0.500. The number of ether oxygens (including phenoxy) is 2. The Morgan fingerprint density at radius 2 is 1.74 bits per heavy atom. The molecule has 2 aromatic rings. The summed E-state index contributed by atoms with van der Waals surface area (Å²) in [5.74, 6) is 1.38. The maximum Gasteiger partial charge on any atom is 0.333 e. The maximum absolute atomic E-state index is 11.2. The number of rotatable bonds is 12. The molecule has 1 aliphatic carbocycles. The number of carboxylic acid groups (broad SMARTS) is 1. The van der Waals surface area contributed by atoms with Crippen LogP contribution in [0.4, 0.5) is 0 Å². The smallest absolute Gasteiger partial charge is 0.333 e. The Bertz CT molecular complexity index is 848. The zero-order chi connectivity index (χ0) is 21.6. The van der Waals surface area contributed by atoms with Gasteiger partial charge in [0, 0.05) is 57.6 Å². The number of fused-ring (bicyclic) bond motifs is 1. The summed E-state index contributed by atoms with van der Waals surface area (Å²) in [6.45, 7) is 6.96. The summed E-state index contributed by atoms with van der Waals surface area (Å²) in [6, 6.07) is 12.4. The van der Waals surface area contributed by atoms with Gasteiger partial charge in [0.2, 0.25) is 0 Å². The number of carboxylic acids is 1. The fourth-order valence-corrected chi connectivity index (χ4v) is 4.54. The molecule has 4 atom stereocenters. The first-order chi connectivity index (χ1) is 15.1. The van der Waals surface area contributed by atoms with E-state index in [0.29, 0.717) is 25.7 Å². The molecule has 1 aliphatic heterocycles. The summed E-state index contributed by atoms with van der Waals surface area (Å²) < 4.78 is 11.1. The molecule has 0 amide bonds. The molecule has 0 bridgehead atoms. The number of pyridine rings is 1. The van der Waals surface area contributed by atoms with Crippen molar-refractivity contribution in [1.82, 2.24) is 15.2 Å². The number of halogens is 3. The zero-order valence-electron chi connectivity index (χ0n) is 19.2. The molecule has 2 N–H and O–H groups in total. The lowest BCUT2D eigenvalue weighted by Crippen LogP contribution is -2.33. The Kier molecular flexibility index (Phi) is 13.2. The SMILES string of the molecule is CCO[C@@H](Cc1ccc(OCCN[C@H]2[C@@H]3CN(Cc4ccncc4)C[C@@H]32)cc1)C(=O)O.Cl.Cl.Cl. The van der Waals surface area contributed by atoms with Crippen LogP contribution in [-0.4, -0.2) is 66.0 Å². The molecule has 0 spiro atoms. The number of hydrogen-bond acceptors (Lipinski definition) is 6. The average molecular weight is 535 g/mol. The third-order valence-electron chi connectivity index (χ3n) is 6.16. The Hall–Kier alpha value is -1.61. The summed E-state index contributed by atoms with van der Waals surface area (Å²) in [6.07, 6.45) is 3.27. The predicted octanol–water partition coefficient (Wildman–Crippen LogP) is 3.48. The molecule has 2 aliphatic rings. The predicted molar refractivity (Wildman–Crippen MR) is 139 cm³/mol. The van der Waals surface area contributed by atoms with Crippen LogP contribution in [0.1, 0.15) is 18.1 Å². The van der Waals surface area contributed by atoms with Crippen LogP contribution < -0.4 is 10.1 Å². The van der Waals surface area contributed by atoms with Crippen molar-refractivity contribution in [1.29, 1.82) is 0 Å². The number of piperidine rings is 1. The highest BCUT2D eigenvalue weighted by molar-refractivity contribution is 5.86. The number of benzene rings is 1. The summed E-state index contributed by atoms with van der Waals surface area (Å²) in [5.41, 5.74) is 2.25. The van der Waals surface area contributed by atoms with Crippen LogP contribution in [-0.2, 0) is 22.5 Å². The normalized spacial score (nSPS) is 21.3. The lowest BCUT2D eigenvalue weighted by molar-refractivity contribution is -0.149. The van der Waals surface area contributed by atoms with Gasteiger partial charge in [0.25, 0.3) is 0 Å². The minimum atomic E-state index is -0.932. The van der Waals surface area contributed by atoms with Gasteiger partial charge < -0.3 is 19.9 Å². The van der Waals surface area contributed by atoms with Crippen LogP contribution in [0.3, 0.4) is 0 Å². The second-order valence-electron chi connectivity index (χ2n) is 8.34.